The molecule has 0 atom stereocenters. The van der Waals surface area contributed by atoms with E-state index in [1.165, 1.54) is 12.3 Å². The number of hydrogen-bond acceptors (Lipinski definition) is 4. The predicted molar refractivity (Wildman–Crippen MR) is 98.9 cm³/mol. The van der Waals surface area contributed by atoms with Gasteiger partial charge in [0, 0.05) is 26.3 Å². The zero-order chi connectivity index (χ0) is 19.9. The van der Waals surface area contributed by atoms with E-state index in [1.807, 2.05) is 0 Å². The summed E-state index contributed by atoms with van der Waals surface area (Å²) in [6, 6.07) is 9.80. The number of alkyl halides is 3. The van der Waals surface area contributed by atoms with Crippen LogP contribution in [-0.2, 0) is 6.18 Å². The molecule has 144 valence electrons. The van der Waals surface area contributed by atoms with E-state index in [0.29, 0.717) is 21.2 Å². The lowest BCUT2D eigenvalue weighted by Gasteiger charge is -2.13. The summed E-state index contributed by atoms with van der Waals surface area (Å²) in [6.45, 7) is 0. The van der Waals surface area contributed by atoms with Crippen LogP contribution in [0.15, 0.2) is 63.0 Å². The van der Waals surface area contributed by atoms with Gasteiger partial charge in [0.05, 0.1) is 16.8 Å². The molecule has 1 fully saturated rings. The summed E-state index contributed by atoms with van der Waals surface area (Å²) in [5, 5.41) is 4.42. The van der Waals surface area contributed by atoms with Gasteiger partial charge in [-0.1, -0.05) is 28.5 Å². The Morgan fingerprint density at radius 2 is 1.82 bits per heavy atom. The third-order valence-corrected chi connectivity index (χ3v) is 5.72. The smallest absolute Gasteiger partial charge is 0.364 e. The van der Waals surface area contributed by atoms with Gasteiger partial charge in [-0.3, -0.25) is 4.79 Å². The number of ketones is 1. The second kappa shape index (κ2) is 7.29. The van der Waals surface area contributed by atoms with Crippen molar-refractivity contribution in [1.82, 2.24) is 5.16 Å². The lowest BCUT2D eigenvalue weighted by molar-refractivity contribution is -0.137. The van der Waals surface area contributed by atoms with Gasteiger partial charge in [0.2, 0.25) is 0 Å². The van der Waals surface area contributed by atoms with Gasteiger partial charge in [0.1, 0.15) is 6.26 Å². The normalized spacial score (nSPS) is 14.3. The second-order valence-electron chi connectivity index (χ2n) is 6.48. The Balaban J connectivity index is 1.75. The lowest BCUT2D eigenvalue weighted by Crippen LogP contribution is -2.09. The Morgan fingerprint density at radius 3 is 2.46 bits per heavy atom. The average Bonchev–Trinajstić information content (AvgIpc) is 3.39. The average molecular weight is 424 g/mol. The zero-order valence-corrected chi connectivity index (χ0v) is 15.9. The standard InChI is InChI=1S/C20H13ClF3NO2S/c21-13-4-6-14(7-5-13)28-17-9-12(20(22,23)24)3-8-15(17)19(26)16-10-27-25-18(16)11-1-2-11/h3-11H,1-2H2. The molecule has 1 aromatic heterocycles. The van der Waals surface area contributed by atoms with Crippen molar-refractivity contribution in [3.05, 3.63) is 76.1 Å². The van der Waals surface area contributed by atoms with Gasteiger partial charge in [-0.2, -0.15) is 13.2 Å². The van der Waals surface area contributed by atoms with E-state index in [2.05, 4.69) is 5.16 Å². The SMILES string of the molecule is O=C(c1ccc(C(F)(F)F)cc1Sc1ccc(Cl)cc1)c1conc1C1CC1. The molecular formula is C20H13ClF3NO2S. The molecule has 28 heavy (non-hydrogen) atoms. The van der Waals surface area contributed by atoms with Crippen LogP contribution in [0.4, 0.5) is 13.2 Å². The van der Waals surface area contributed by atoms with E-state index in [4.69, 9.17) is 16.1 Å². The maximum atomic E-state index is 13.2. The van der Waals surface area contributed by atoms with E-state index in [9.17, 15) is 18.0 Å². The number of nitrogens with zero attached hydrogens (tertiary/aromatic N) is 1. The molecule has 3 aromatic rings. The van der Waals surface area contributed by atoms with Crippen molar-refractivity contribution in [2.45, 2.75) is 34.7 Å². The Labute approximate surface area is 167 Å². The number of benzene rings is 2. The van der Waals surface area contributed by atoms with Crippen molar-refractivity contribution in [3.63, 3.8) is 0 Å². The van der Waals surface area contributed by atoms with Gasteiger partial charge in [0.25, 0.3) is 0 Å². The van der Waals surface area contributed by atoms with Crippen LogP contribution in [0.5, 0.6) is 0 Å². The van der Waals surface area contributed by atoms with Crippen LogP contribution in [0, 0.1) is 0 Å². The van der Waals surface area contributed by atoms with Crippen molar-refractivity contribution in [2.24, 2.45) is 0 Å². The van der Waals surface area contributed by atoms with Crippen LogP contribution >= 0.6 is 23.4 Å². The number of halogens is 4. The highest BCUT2D eigenvalue weighted by molar-refractivity contribution is 7.99. The Hall–Kier alpha value is -2.25. The number of aromatic nitrogens is 1. The van der Waals surface area contributed by atoms with Gasteiger partial charge >= 0.3 is 6.18 Å². The maximum Gasteiger partial charge on any atom is 0.416 e. The van der Waals surface area contributed by atoms with E-state index < -0.39 is 17.5 Å². The van der Waals surface area contributed by atoms with Crippen molar-refractivity contribution in [1.29, 1.82) is 0 Å². The molecule has 3 nitrogen and oxygen atoms in total. The van der Waals surface area contributed by atoms with E-state index in [0.717, 1.165) is 36.7 Å². The maximum absolute atomic E-state index is 13.2. The molecule has 1 aliphatic rings. The first-order valence-corrected chi connectivity index (χ1v) is 9.66. The molecule has 0 bridgehead atoms. The van der Waals surface area contributed by atoms with E-state index in [1.54, 1.807) is 24.3 Å². The Kier molecular flexibility index (Phi) is 4.97. The summed E-state index contributed by atoms with van der Waals surface area (Å²) in [5.41, 5.74) is 0.249. The molecule has 1 saturated carbocycles. The van der Waals surface area contributed by atoms with Gasteiger partial charge in [0.15, 0.2) is 5.78 Å². The van der Waals surface area contributed by atoms with Crippen molar-refractivity contribution >= 4 is 29.1 Å². The summed E-state index contributed by atoms with van der Waals surface area (Å²) >= 11 is 6.95. The van der Waals surface area contributed by atoms with E-state index >= 15 is 0 Å². The minimum absolute atomic E-state index is 0.179. The summed E-state index contributed by atoms with van der Waals surface area (Å²) in [6.07, 6.45) is -1.39. The fourth-order valence-electron chi connectivity index (χ4n) is 2.81. The van der Waals surface area contributed by atoms with Gasteiger partial charge in [-0.25, -0.2) is 0 Å². The van der Waals surface area contributed by atoms with Crippen molar-refractivity contribution in [3.8, 4) is 0 Å². The molecule has 4 rings (SSSR count). The first kappa shape index (κ1) is 19.1. The highest BCUT2D eigenvalue weighted by Crippen LogP contribution is 2.42. The van der Waals surface area contributed by atoms with Crippen LogP contribution in [0.3, 0.4) is 0 Å². The highest BCUT2D eigenvalue weighted by Gasteiger charge is 2.34. The molecule has 0 aliphatic heterocycles. The summed E-state index contributed by atoms with van der Waals surface area (Å²) < 4.78 is 44.6. The summed E-state index contributed by atoms with van der Waals surface area (Å²) in [4.78, 5) is 14.0. The zero-order valence-electron chi connectivity index (χ0n) is 14.3. The summed E-state index contributed by atoms with van der Waals surface area (Å²) in [7, 11) is 0. The van der Waals surface area contributed by atoms with Crippen LogP contribution in [-0.4, -0.2) is 10.9 Å². The quantitative estimate of drug-likeness (QED) is 0.433. The van der Waals surface area contributed by atoms with Gasteiger partial charge in [-0.15, -0.1) is 0 Å². The first-order chi connectivity index (χ1) is 13.3. The Bertz CT molecular complexity index is 1030. The van der Waals surface area contributed by atoms with Gasteiger partial charge < -0.3 is 4.52 Å². The second-order valence-corrected chi connectivity index (χ2v) is 8.03. The van der Waals surface area contributed by atoms with Crippen LogP contribution in [0.25, 0.3) is 0 Å². The highest BCUT2D eigenvalue weighted by atomic mass is 35.5. The fraction of sp³-hybridized carbons (Fsp3) is 0.200. The number of rotatable bonds is 5. The predicted octanol–water partition coefficient (Wildman–Crippen LogP) is 6.61. The first-order valence-electron chi connectivity index (χ1n) is 8.46. The van der Waals surface area contributed by atoms with Crippen LogP contribution in [0.2, 0.25) is 5.02 Å². The molecule has 0 spiro atoms. The molecule has 0 amide bonds. The van der Waals surface area contributed by atoms with Crippen molar-refractivity contribution in [2.75, 3.05) is 0 Å². The molecule has 1 aliphatic carbocycles. The lowest BCUT2D eigenvalue weighted by atomic mass is 10.0. The minimum atomic E-state index is -4.51. The molecule has 0 radical (unpaired) electrons. The fourth-order valence-corrected chi connectivity index (χ4v) is 3.92. The molecule has 2 aromatic carbocycles. The third kappa shape index (κ3) is 3.95. The van der Waals surface area contributed by atoms with Crippen LogP contribution < -0.4 is 0 Å². The molecular weight excluding hydrogens is 411 g/mol. The third-order valence-electron chi connectivity index (χ3n) is 4.40. The van der Waals surface area contributed by atoms with Crippen molar-refractivity contribution < 1.29 is 22.5 Å². The topological polar surface area (TPSA) is 43.1 Å². The number of carbonyl (C=O) groups is 1. The minimum Gasteiger partial charge on any atom is -0.364 e. The van der Waals surface area contributed by atoms with Crippen LogP contribution in [0.1, 0.15) is 45.9 Å². The van der Waals surface area contributed by atoms with E-state index in [-0.39, 0.29) is 16.4 Å². The van der Waals surface area contributed by atoms with Gasteiger partial charge in [-0.05, 0) is 55.3 Å². The Morgan fingerprint density at radius 1 is 1.11 bits per heavy atom. The molecule has 0 N–H and O–H groups in total. The largest absolute Gasteiger partial charge is 0.416 e. The summed E-state index contributed by atoms with van der Waals surface area (Å²) in [5.74, 6) is -0.215. The molecule has 8 heteroatoms. The number of hydrogen-bond donors (Lipinski definition) is 0. The number of carbonyl (C=O) groups excluding carboxylic acids is 1. The molecule has 0 unspecified atom stereocenters. The molecule has 1 heterocycles. The monoisotopic (exact) mass is 423 g/mol. The molecule has 0 saturated heterocycles.